The number of aromatic hydroxyl groups is 1. The Morgan fingerprint density at radius 2 is 2.12 bits per heavy atom. The zero-order valence-electron chi connectivity index (χ0n) is 18.3. The second-order valence-corrected chi connectivity index (χ2v) is 9.64. The summed E-state index contributed by atoms with van der Waals surface area (Å²) in [6, 6.07) is 2.49. The predicted molar refractivity (Wildman–Crippen MR) is 113 cm³/mol. The number of piperidine rings is 1. The Kier molecular flexibility index (Phi) is 4.92. The van der Waals surface area contributed by atoms with Crippen LogP contribution >= 0.6 is 0 Å². The van der Waals surface area contributed by atoms with Gasteiger partial charge in [-0.3, -0.25) is 14.9 Å². The van der Waals surface area contributed by atoms with Crippen molar-refractivity contribution in [3.8, 4) is 11.5 Å². The molecule has 1 saturated heterocycles. The van der Waals surface area contributed by atoms with Crippen LogP contribution in [0.4, 0.5) is 0 Å². The molecule has 2 bridgehead atoms. The van der Waals surface area contributed by atoms with Crippen LogP contribution in [-0.4, -0.2) is 82.7 Å². The van der Waals surface area contributed by atoms with Gasteiger partial charge in [0.15, 0.2) is 11.5 Å². The topological polar surface area (TPSA) is 129 Å². The number of aliphatic carboxylic acids is 2. The normalized spacial score (nSPS) is 35.6. The Balaban J connectivity index is 1.59. The van der Waals surface area contributed by atoms with Crippen molar-refractivity contribution >= 4 is 11.9 Å². The molecule has 2 fully saturated rings. The molecule has 0 radical (unpaired) electrons. The quantitative estimate of drug-likeness (QED) is 0.487. The van der Waals surface area contributed by atoms with Gasteiger partial charge in [0.25, 0.3) is 0 Å². The van der Waals surface area contributed by atoms with Crippen LogP contribution in [0.1, 0.15) is 43.2 Å². The maximum Gasteiger partial charge on any atom is 0.320 e. The van der Waals surface area contributed by atoms with Crippen molar-refractivity contribution in [1.29, 1.82) is 0 Å². The van der Waals surface area contributed by atoms with Crippen LogP contribution in [-0.2, 0) is 26.2 Å². The number of carbonyl (C=O) groups is 2. The van der Waals surface area contributed by atoms with Crippen molar-refractivity contribution in [2.24, 2.45) is 0 Å². The van der Waals surface area contributed by atoms with E-state index in [9.17, 15) is 19.8 Å². The lowest BCUT2D eigenvalue weighted by atomic mass is 9.48. The third kappa shape index (κ3) is 2.67. The van der Waals surface area contributed by atoms with Gasteiger partial charge in [0.05, 0.1) is 11.0 Å². The number of hydrogen-bond donors (Lipinski definition) is 4. The van der Waals surface area contributed by atoms with Gasteiger partial charge in [-0.05, 0) is 57.3 Å². The summed E-state index contributed by atoms with van der Waals surface area (Å²) in [6.45, 7) is 0.846. The second kappa shape index (κ2) is 7.33. The summed E-state index contributed by atoms with van der Waals surface area (Å²) >= 11 is 0. The van der Waals surface area contributed by atoms with Gasteiger partial charge in [-0.15, -0.1) is 0 Å². The van der Waals surface area contributed by atoms with E-state index in [4.69, 9.17) is 14.6 Å². The summed E-state index contributed by atoms with van der Waals surface area (Å²) in [4.78, 5) is 25.3. The average Bonchev–Trinajstić information content (AvgIpc) is 3.11. The molecule has 2 aliphatic carbocycles. The molecule has 5 rings (SSSR count). The fourth-order valence-electron chi connectivity index (χ4n) is 7.11. The van der Waals surface area contributed by atoms with Crippen LogP contribution in [0.5, 0.6) is 11.5 Å². The molecule has 2 aliphatic heterocycles. The summed E-state index contributed by atoms with van der Waals surface area (Å²) < 4.78 is 12.8. The molecular weight excluding hydrogens is 416 g/mol. The zero-order chi connectivity index (χ0) is 22.8. The number of carboxylic acids is 2. The summed E-state index contributed by atoms with van der Waals surface area (Å²) in [5.74, 6) is -1.52. The van der Waals surface area contributed by atoms with Gasteiger partial charge < -0.3 is 29.7 Å². The smallest absolute Gasteiger partial charge is 0.320 e. The fraction of sp³-hybridized carbons (Fsp3) is 0.652. The SMILES string of the molecule is CO[C@@]12CCC(N[C@@H](CCC(=O)O)C(=O)O)C3Oc4c(O)ccc5c4[C@@]31CCN(C)[C@@H]2C5. The Bertz CT molecular complexity index is 968. The average molecular weight is 447 g/mol. The van der Waals surface area contributed by atoms with Gasteiger partial charge in [0.1, 0.15) is 12.1 Å². The number of nitrogens with zero attached hydrogens (tertiary/aromatic N) is 1. The lowest BCUT2D eigenvalue weighted by Gasteiger charge is -2.65. The van der Waals surface area contributed by atoms with Crippen molar-refractivity contribution in [1.82, 2.24) is 10.2 Å². The molecule has 2 heterocycles. The van der Waals surface area contributed by atoms with E-state index in [0.29, 0.717) is 12.2 Å². The molecule has 32 heavy (non-hydrogen) atoms. The maximum atomic E-state index is 11.9. The minimum Gasteiger partial charge on any atom is -0.504 e. The third-order valence-electron chi connectivity index (χ3n) is 8.41. The highest BCUT2D eigenvalue weighted by Crippen LogP contribution is 2.66. The first-order valence-corrected chi connectivity index (χ1v) is 11.2. The first-order valence-electron chi connectivity index (χ1n) is 11.2. The van der Waals surface area contributed by atoms with Crippen LogP contribution in [0.15, 0.2) is 12.1 Å². The van der Waals surface area contributed by atoms with E-state index >= 15 is 0 Å². The monoisotopic (exact) mass is 446 g/mol. The van der Waals surface area contributed by atoms with Crippen molar-refractivity contribution in [3.05, 3.63) is 23.3 Å². The predicted octanol–water partition coefficient (Wildman–Crippen LogP) is 1.11. The maximum absolute atomic E-state index is 11.9. The van der Waals surface area contributed by atoms with Crippen LogP contribution < -0.4 is 10.1 Å². The minimum atomic E-state index is -1.07. The van der Waals surface area contributed by atoms with E-state index in [1.807, 2.05) is 6.07 Å². The highest BCUT2D eigenvalue weighted by atomic mass is 16.5. The standard InChI is InChI=1S/C23H30N2O7/c1-25-10-9-22-18-12-3-5-15(26)19(18)32-20(22)13(7-8-23(22,31-2)16(25)11-12)24-14(21(29)30)4-6-17(27)28/h3,5,13-14,16,20,24,26H,4,6-11H2,1-2H3,(H,27,28)(H,29,30)/t13?,14-,16+,20?,22-,23+/m0/s1. The number of rotatable bonds is 7. The first-order chi connectivity index (χ1) is 15.2. The van der Waals surface area contributed by atoms with E-state index in [-0.39, 0.29) is 30.7 Å². The van der Waals surface area contributed by atoms with Crippen molar-refractivity contribution in [2.45, 2.75) is 73.8 Å². The summed E-state index contributed by atoms with van der Waals surface area (Å²) in [5.41, 5.74) is 1.14. The number of likely N-dealkylation sites (tertiary alicyclic amines) is 1. The number of ether oxygens (including phenoxy) is 2. The highest BCUT2D eigenvalue weighted by Gasteiger charge is 2.73. The first kappa shape index (κ1) is 21.5. The van der Waals surface area contributed by atoms with Crippen molar-refractivity contribution in [3.63, 3.8) is 0 Å². The molecule has 1 aromatic carbocycles. The molecule has 174 valence electrons. The molecule has 4 N–H and O–H groups in total. The van der Waals surface area contributed by atoms with Gasteiger partial charge in [-0.25, -0.2) is 0 Å². The minimum absolute atomic E-state index is 0.00881. The number of hydrogen-bond acceptors (Lipinski definition) is 7. The zero-order valence-corrected chi connectivity index (χ0v) is 18.3. The lowest BCUT2D eigenvalue weighted by Crippen LogP contribution is -2.78. The second-order valence-electron chi connectivity index (χ2n) is 9.64. The molecule has 0 amide bonds. The number of likely N-dealkylation sites (N-methyl/N-ethyl adjacent to an activating group) is 1. The Morgan fingerprint density at radius 1 is 1.34 bits per heavy atom. The van der Waals surface area contributed by atoms with Gasteiger partial charge in [0.2, 0.25) is 0 Å². The molecular formula is C23H30N2O7. The van der Waals surface area contributed by atoms with E-state index in [0.717, 1.165) is 36.9 Å². The third-order valence-corrected chi connectivity index (χ3v) is 8.41. The fourth-order valence-corrected chi connectivity index (χ4v) is 7.11. The number of phenols is 1. The molecule has 1 spiro atoms. The molecule has 1 saturated carbocycles. The summed E-state index contributed by atoms with van der Waals surface area (Å²) in [5, 5.41) is 32.6. The Labute approximate surface area is 186 Å². The molecule has 9 nitrogen and oxygen atoms in total. The van der Waals surface area contributed by atoms with Gasteiger partial charge in [-0.1, -0.05) is 6.07 Å². The molecule has 1 aromatic rings. The van der Waals surface area contributed by atoms with Crippen LogP contribution in [0, 0.1) is 0 Å². The molecule has 4 aliphatic rings. The van der Waals surface area contributed by atoms with Crippen LogP contribution in [0.2, 0.25) is 0 Å². The van der Waals surface area contributed by atoms with Crippen molar-refractivity contribution in [2.75, 3.05) is 20.7 Å². The summed E-state index contributed by atoms with van der Waals surface area (Å²) in [6.07, 6.45) is 2.27. The van der Waals surface area contributed by atoms with Gasteiger partial charge >= 0.3 is 11.9 Å². The van der Waals surface area contributed by atoms with Crippen LogP contribution in [0.25, 0.3) is 0 Å². The van der Waals surface area contributed by atoms with Crippen molar-refractivity contribution < 1.29 is 34.4 Å². The molecule has 0 aromatic heterocycles. The highest BCUT2D eigenvalue weighted by molar-refractivity contribution is 5.75. The van der Waals surface area contributed by atoms with E-state index in [2.05, 4.69) is 17.3 Å². The van der Waals surface area contributed by atoms with Crippen LogP contribution in [0.3, 0.4) is 0 Å². The number of carboxylic acid groups (broad SMARTS) is 2. The Morgan fingerprint density at radius 3 is 2.81 bits per heavy atom. The number of nitrogens with one attached hydrogen (secondary N) is 1. The molecule has 6 atom stereocenters. The number of benzene rings is 1. The molecule has 9 heteroatoms. The van der Waals surface area contributed by atoms with E-state index in [1.54, 1.807) is 13.2 Å². The van der Waals surface area contributed by atoms with E-state index < -0.39 is 35.1 Å². The number of phenolic OH excluding ortho intramolecular Hbond substituents is 1. The summed E-state index contributed by atoms with van der Waals surface area (Å²) in [7, 11) is 3.86. The largest absolute Gasteiger partial charge is 0.504 e. The molecule has 2 unspecified atom stereocenters. The van der Waals surface area contributed by atoms with Gasteiger partial charge in [0, 0.05) is 31.2 Å². The Hall–Kier alpha value is -2.36. The number of methoxy groups -OCH3 is 1. The van der Waals surface area contributed by atoms with E-state index in [1.165, 1.54) is 0 Å². The lowest BCUT2D eigenvalue weighted by molar-refractivity contribution is -0.204. The van der Waals surface area contributed by atoms with Gasteiger partial charge in [-0.2, -0.15) is 0 Å².